The molecule has 3 fully saturated rings. The smallest absolute Gasteiger partial charge is 0.227 e. The largest absolute Gasteiger partial charge is 0.340 e. The summed E-state index contributed by atoms with van der Waals surface area (Å²) in [5, 5.41) is 3.34. The Bertz CT molecular complexity index is 289. The molecule has 0 aromatic rings. The summed E-state index contributed by atoms with van der Waals surface area (Å²) in [4.78, 5) is 17.0. The molecule has 1 amide bonds. The number of rotatable bonds is 3. The topological polar surface area (TPSA) is 35.6 Å². The molecule has 2 aliphatic heterocycles. The first-order valence-corrected chi connectivity index (χ1v) is 7.55. The molecule has 0 aromatic heterocycles. The summed E-state index contributed by atoms with van der Waals surface area (Å²) in [6, 6.07) is 0. The van der Waals surface area contributed by atoms with Gasteiger partial charge in [0.05, 0.1) is 5.92 Å². The predicted molar refractivity (Wildman–Crippen MR) is 71.3 cm³/mol. The Morgan fingerprint density at radius 1 is 1.11 bits per heavy atom. The van der Waals surface area contributed by atoms with E-state index in [-0.39, 0.29) is 5.92 Å². The van der Waals surface area contributed by atoms with Crippen molar-refractivity contribution in [2.45, 2.75) is 25.7 Å². The molecule has 2 saturated heterocycles. The van der Waals surface area contributed by atoms with Crippen LogP contribution in [0.15, 0.2) is 0 Å². The zero-order valence-electron chi connectivity index (χ0n) is 11.2. The number of nitrogens with zero attached hydrogens (tertiary/aromatic N) is 2. The molecular weight excluding hydrogens is 226 g/mol. The third-order valence-corrected chi connectivity index (χ3v) is 4.54. The van der Waals surface area contributed by atoms with Crippen molar-refractivity contribution in [3.8, 4) is 0 Å². The van der Waals surface area contributed by atoms with E-state index in [0.717, 1.165) is 58.0 Å². The number of piperazine rings is 1. The summed E-state index contributed by atoms with van der Waals surface area (Å²) in [5.41, 5.74) is 0. The molecule has 1 aliphatic carbocycles. The lowest BCUT2D eigenvalue weighted by atomic mass is 9.98. The molecule has 3 rings (SSSR count). The highest BCUT2D eigenvalue weighted by Gasteiger charge is 2.30. The van der Waals surface area contributed by atoms with E-state index in [9.17, 15) is 4.79 Å². The second-order valence-corrected chi connectivity index (χ2v) is 6.11. The monoisotopic (exact) mass is 251 g/mol. The van der Waals surface area contributed by atoms with E-state index in [1.54, 1.807) is 0 Å². The van der Waals surface area contributed by atoms with Gasteiger partial charge in [-0.1, -0.05) is 0 Å². The van der Waals surface area contributed by atoms with Gasteiger partial charge in [0, 0.05) is 39.3 Å². The molecule has 0 radical (unpaired) electrons. The first-order chi connectivity index (χ1) is 8.83. The number of nitrogens with one attached hydrogen (secondary N) is 1. The molecule has 0 bridgehead atoms. The predicted octanol–water partition coefficient (Wildman–Crippen LogP) is 0.540. The molecule has 0 unspecified atom stereocenters. The maximum Gasteiger partial charge on any atom is 0.227 e. The molecular formula is C14H25N3O. The summed E-state index contributed by atoms with van der Waals surface area (Å²) < 4.78 is 0. The summed E-state index contributed by atoms with van der Waals surface area (Å²) in [7, 11) is 0. The maximum atomic E-state index is 12.4. The molecule has 1 saturated carbocycles. The van der Waals surface area contributed by atoms with Crippen LogP contribution in [0.5, 0.6) is 0 Å². The van der Waals surface area contributed by atoms with Crippen LogP contribution in [0.3, 0.4) is 0 Å². The number of amides is 1. The summed E-state index contributed by atoms with van der Waals surface area (Å²) in [6.07, 6.45) is 5.08. The standard InChI is InChI=1S/C14H25N3O/c18-14(13-2-1-5-15-10-13)17-8-6-16(7-9-17)11-12-3-4-12/h12-13,15H,1-11H2/t13-/m0/s1. The van der Waals surface area contributed by atoms with Gasteiger partial charge in [0.1, 0.15) is 0 Å². The SMILES string of the molecule is O=C([C@H]1CCCNC1)N1CCN(CC2CC2)CC1. The van der Waals surface area contributed by atoms with Crippen LogP contribution in [0.2, 0.25) is 0 Å². The molecule has 4 nitrogen and oxygen atoms in total. The van der Waals surface area contributed by atoms with Gasteiger partial charge in [-0.15, -0.1) is 0 Å². The van der Waals surface area contributed by atoms with Gasteiger partial charge in [0.25, 0.3) is 0 Å². The minimum Gasteiger partial charge on any atom is -0.340 e. The Balaban J connectivity index is 1.44. The highest BCUT2D eigenvalue weighted by Crippen LogP contribution is 2.30. The van der Waals surface area contributed by atoms with E-state index >= 15 is 0 Å². The molecule has 2 heterocycles. The number of hydrogen-bond donors (Lipinski definition) is 1. The highest BCUT2D eigenvalue weighted by molar-refractivity contribution is 5.79. The van der Waals surface area contributed by atoms with Gasteiger partial charge < -0.3 is 10.2 Å². The second kappa shape index (κ2) is 5.57. The number of carbonyl (C=O) groups is 1. The highest BCUT2D eigenvalue weighted by atomic mass is 16.2. The van der Waals surface area contributed by atoms with Gasteiger partial charge in [0.2, 0.25) is 5.91 Å². The molecule has 18 heavy (non-hydrogen) atoms. The molecule has 4 heteroatoms. The summed E-state index contributed by atoms with van der Waals surface area (Å²) in [5.74, 6) is 1.61. The fourth-order valence-electron chi connectivity index (χ4n) is 3.14. The Morgan fingerprint density at radius 2 is 1.89 bits per heavy atom. The molecule has 0 spiro atoms. The fourth-order valence-corrected chi connectivity index (χ4v) is 3.14. The first kappa shape index (κ1) is 12.4. The van der Waals surface area contributed by atoms with Crippen molar-refractivity contribution in [2.24, 2.45) is 11.8 Å². The second-order valence-electron chi connectivity index (χ2n) is 6.11. The van der Waals surface area contributed by atoms with Gasteiger partial charge in [0.15, 0.2) is 0 Å². The summed E-state index contributed by atoms with van der Waals surface area (Å²) in [6.45, 7) is 7.31. The Labute approximate surface area is 110 Å². The van der Waals surface area contributed by atoms with Crippen molar-refractivity contribution in [3.05, 3.63) is 0 Å². The minimum absolute atomic E-state index is 0.244. The van der Waals surface area contributed by atoms with Crippen molar-refractivity contribution in [1.29, 1.82) is 0 Å². The van der Waals surface area contributed by atoms with E-state index in [1.807, 2.05) is 0 Å². The number of piperidine rings is 1. The number of hydrogen-bond acceptors (Lipinski definition) is 3. The Morgan fingerprint density at radius 3 is 2.50 bits per heavy atom. The van der Waals surface area contributed by atoms with Crippen molar-refractivity contribution in [2.75, 3.05) is 45.8 Å². The van der Waals surface area contributed by atoms with Crippen LogP contribution < -0.4 is 5.32 Å². The van der Waals surface area contributed by atoms with Crippen molar-refractivity contribution >= 4 is 5.91 Å². The van der Waals surface area contributed by atoms with Crippen LogP contribution in [-0.2, 0) is 4.79 Å². The van der Waals surface area contributed by atoms with Gasteiger partial charge in [-0.2, -0.15) is 0 Å². The van der Waals surface area contributed by atoms with Crippen molar-refractivity contribution < 1.29 is 4.79 Å². The van der Waals surface area contributed by atoms with Crippen LogP contribution in [0.1, 0.15) is 25.7 Å². The van der Waals surface area contributed by atoms with Crippen LogP contribution in [0.25, 0.3) is 0 Å². The van der Waals surface area contributed by atoms with Gasteiger partial charge in [-0.25, -0.2) is 0 Å². The Hall–Kier alpha value is -0.610. The van der Waals surface area contributed by atoms with E-state index in [2.05, 4.69) is 15.1 Å². The first-order valence-electron chi connectivity index (χ1n) is 7.55. The lowest BCUT2D eigenvalue weighted by Gasteiger charge is -2.37. The zero-order valence-corrected chi connectivity index (χ0v) is 11.2. The van der Waals surface area contributed by atoms with E-state index in [0.29, 0.717) is 5.91 Å². The van der Waals surface area contributed by atoms with Crippen LogP contribution >= 0.6 is 0 Å². The van der Waals surface area contributed by atoms with Crippen LogP contribution in [0, 0.1) is 11.8 Å². The zero-order chi connectivity index (χ0) is 12.4. The molecule has 102 valence electrons. The normalized spacial score (nSPS) is 30.4. The molecule has 3 aliphatic rings. The molecule has 1 N–H and O–H groups in total. The lowest BCUT2D eigenvalue weighted by Crippen LogP contribution is -2.52. The number of carbonyl (C=O) groups excluding carboxylic acids is 1. The average Bonchev–Trinajstić information content (AvgIpc) is 3.24. The Kier molecular flexibility index (Phi) is 3.85. The van der Waals surface area contributed by atoms with E-state index in [1.165, 1.54) is 19.4 Å². The van der Waals surface area contributed by atoms with E-state index in [4.69, 9.17) is 0 Å². The van der Waals surface area contributed by atoms with Crippen molar-refractivity contribution in [1.82, 2.24) is 15.1 Å². The van der Waals surface area contributed by atoms with E-state index < -0.39 is 0 Å². The average molecular weight is 251 g/mol. The van der Waals surface area contributed by atoms with Crippen molar-refractivity contribution in [3.63, 3.8) is 0 Å². The maximum absolute atomic E-state index is 12.4. The van der Waals surface area contributed by atoms with Crippen LogP contribution in [0.4, 0.5) is 0 Å². The quantitative estimate of drug-likeness (QED) is 0.795. The minimum atomic E-state index is 0.244. The third-order valence-electron chi connectivity index (χ3n) is 4.54. The summed E-state index contributed by atoms with van der Waals surface area (Å²) >= 11 is 0. The third kappa shape index (κ3) is 3.04. The lowest BCUT2D eigenvalue weighted by molar-refractivity contribution is -0.137. The van der Waals surface area contributed by atoms with Gasteiger partial charge >= 0.3 is 0 Å². The van der Waals surface area contributed by atoms with Gasteiger partial charge in [-0.05, 0) is 38.1 Å². The van der Waals surface area contributed by atoms with Gasteiger partial charge in [-0.3, -0.25) is 9.69 Å². The van der Waals surface area contributed by atoms with Crippen LogP contribution in [-0.4, -0.2) is 61.5 Å². The molecule has 1 atom stereocenters. The fraction of sp³-hybridized carbons (Fsp3) is 0.929. The molecule has 0 aromatic carbocycles.